The molecule has 1 aromatic heterocycles. The van der Waals surface area contributed by atoms with Gasteiger partial charge >= 0.3 is 0 Å². The third kappa shape index (κ3) is 2.74. The third-order valence-electron chi connectivity index (χ3n) is 6.19. The topological polar surface area (TPSA) is 44.4 Å². The Balaban J connectivity index is 1.47. The van der Waals surface area contributed by atoms with Crippen LogP contribution in [-0.2, 0) is 0 Å². The van der Waals surface area contributed by atoms with Crippen LogP contribution in [0.4, 0.5) is 5.69 Å². The van der Waals surface area contributed by atoms with Gasteiger partial charge in [0.1, 0.15) is 0 Å². The van der Waals surface area contributed by atoms with E-state index in [-0.39, 0.29) is 5.91 Å². The van der Waals surface area contributed by atoms with E-state index in [9.17, 15) is 4.79 Å². The molecule has 3 unspecified atom stereocenters. The number of amides is 1. The van der Waals surface area contributed by atoms with Crippen molar-refractivity contribution in [3.05, 3.63) is 51.7 Å². The zero-order chi connectivity index (χ0) is 17.5. The monoisotopic (exact) mass is 367 g/mol. The molecule has 0 spiro atoms. The number of nitrogens with zero attached hydrogens (tertiary/aromatic N) is 1. The lowest BCUT2D eigenvalue weighted by Gasteiger charge is -2.37. The zero-order valence-electron chi connectivity index (χ0n) is 14.9. The van der Waals surface area contributed by atoms with Crippen molar-refractivity contribution in [2.45, 2.75) is 37.8 Å². The van der Waals surface area contributed by atoms with Gasteiger partial charge in [-0.3, -0.25) is 4.79 Å². The second-order valence-corrected chi connectivity index (χ2v) is 8.50. The molecule has 4 heterocycles. The van der Waals surface area contributed by atoms with Gasteiger partial charge in [-0.2, -0.15) is 11.3 Å². The van der Waals surface area contributed by atoms with E-state index in [1.807, 2.05) is 11.0 Å². The molecule has 3 aliphatic heterocycles. The average Bonchev–Trinajstić information content (AvgIpc) is 3.39. The predicted molar refractivity (Wildman–Crippen MR) is 106 cm³/mol. The second-order valence-electron chi connectivity index (χ2n) is 7.72. The standard InChI is InChI=1S/C21H25N3OS/c25-21(24-9-2-1-3-10-24)14-4-5-18-17(12-14)20-16(6-8-22-20)19(23-18)15-7-11-26-13-15/h4-5,7,11-13,16,19-20,22-23H,1-3,6,8-10H2. The van der Waals surface area contributed by atoms with Gasteiger partial charge in [0.15, 0.2) is 0 Å². The Morgan fingerprint density at radius 2 is 2.00 bits per heavy atom. The van der Waals surface area contributed by atoms with E-state index in [2.05, 4.69) is 39.6 Å². The van der Waals surface area contributed by atoms with E-state index < -0.39 is 0 Å². The summed E-state index contributed by atoms with van der Waals surface area (Å²) in [7, 11) is 0. The minimum Gasteiger partial charge on any atom is -0.378 e. The normalized spacial score (nSPS) is 27.5. The quantitative estimate of drug-likeness (QED) is 0.836. The first-order chi connectivity index (χ1) is 12.8. The number of benzene rings is 1. The number of piperidine rings is 1. The number of thiophene rings is 1. The number of hydrogen-bond donors (Lipinski definition) is 2. The molecule has 136 valence electrons. The van der Waals surface area contributed by atoms with Gasteiger partial charge in [-0.15, -0.1) is 0 Å². The first-order valence-electron chi connectivity index (χ1n) is 9.76. The lowest BCUT2D eigenvalue weighted by atomic mass is 9.80. The SMILES string of the molecule is O=C(c1ccc2c(c1)C1NCCC1C(c1ccsc1)N2)N1CCCCC1. The molecular weight excluding hydrogens is 342 g/mol. The van der Waals surface area contributed by atoms with Crippen LogP contribution in [0.25, 0.3) is 0 Å². The summed E-state index contributed by atoms with van der Waals surface area (Å²) in [6, 6.07) is 9.18. The Morgan fingerprint density at radius 3 is 2.81 bits per heavy atom. The molecule has 0 radical (unpaired) electrons. The molecule has 26 heavy (non-hydrogen) atoms. The van der Waals surface area contributed by atoms with Crippen molar-refractivity contribution in [2.75, 3.05) is 25.0 Å². The zero-order valence-corrected chi connectivity index (χ0v) is 15.7. The van der Waals surface area contributed by atoms with Crippen LogP contribution in [0, 0.1) is 5.92 Å². The van der Waals surface area contributed by atoms with Gasteiger partial charge in [0.2, 0.25) is 0 Å². The van der Waals surface area contributed by atoms with E-state index in [1.165, 1.54) is 29.7 Å². The lowest BCUT2D eigenvalue weighted by molar-refractivity contribution is 0.0724. The Morgan fingerprint density at radius 1 is 1.12 bits per heavy atom. The van der Waals surface area contributed by atoms with Crippen molar-refractivity contribution in [1.29, 1.82) is 0 Å². The number of anilines is 1. The molecule has 1 amide bonds. The molecule has 2 aromatic rings. The van der Waals surface area contributed by atoms with Crippen LogP contribution in [0.2, 0.25) is 0 Å². The Hall–Kier alpha value is -1.85. The Bertz CT molecular complexity index is 798. The number of fused-ring (bicyclic) bond motifs is 3. The largest absolute Gasteiger partial charge is 0.378 e. The van der Waals surface area contributed by atoms with Gasteiger partial charge < -0.3 is 15.5 Å². The molecule has 0 saturated carbocycles. The predicted octanol–water partition coefficient (Wildman–Crippen LogP) is 4.19. The highest BCUT2D eigenvalue weighted by Crippen LogP contribution is 2.47. The molecule has 0 aliphatic carbocycles. The van der Waals surface area contributed by atoms with Crippen molar-refractivity contribution in [1.82, 2.24) is 10.2 Å². The average molecular weight is 368 g/mol. The van der Waals surface area contributed by atoms with E-state index >= 15 is 0 Å². The maximum atomic E-state index is 12.9. The summed E-state index contributed by atoms with van der Waals surface area (Å²) in [6.07, 6.45) is 4.68. The van der Waals surface area contributed by atoms with Crippen molar-refractivity contribution in [2.24, 2.45) is 5.92 Å². The molecule has 2 saturated heterocycles. The van der Waals surface area contributed by atoms with Crippen LogP contribution in [0.3, 0.4) is 0 Å². The fraction of sp³-hybridized carbons (Fsp3) is 0.476. The van der Waals surface area contributed by atoms with Gasteiger partial charge in [0, 0.05) is 36.3 Å². The Kier molecular flexibility index (Phi) is 4.21. The van der Waals surface area contributed by atoms with Gasteiger partial charge in [-0.05, 0) is 78.4 Å². The number of carbonyl (C=O) groups excluding carboxylic acids is 1. The maximum absolute atomic E-state index is 12.9. The fourth-order valence-corrected chi connectivity index (χ4v) is 5.54. The van der Waals surface area contributed by atoms with E-state index in [0.717, 1.165) is 38.0 Å². The molecule has 0 bridgehead atoms. The summed E-state index contributed by atoms with van der Waals surface area (Å²) in [4.78, 5) is 14.9. The molecule has 3 atom stereocenters. The summed E-state index contributed by atoms with van der Waals surface area (Å²) in [5.41, 5.74) is 4.66. The molecule has 2 fully saturated rings. The van der Waals surface area contributed by atoms with E-state index in [0.29, 0.717) is 18.0 Å². The smallest absolute Gasteiger partial charge is 0.253 e. The number of carbonyl (C=O) groups is 1. The highest BCUT2D eigenvalue weighted by Gasteiger charge is 2.40. The van der Waals surface area contributed by atoms with Crippen molar-refractivity contribution >= 4 is 22.9 Å². The highest BCUT2D eigenvalue weighted by molar-refractivity contribution is 7.08. The van der Waals surface area contributed by atoms with Crippen LogP contribution in [0.15, 0.2) is 35.0 Å². The van der Waals surface area contributed by atoms with Crippen LogP contribution in [-0.4, -0.2) is 30.4 Å². The molecule has 5 heteroatoms. The van der Waals surface area contributed by atoms with Gasteiger partial charge in [0.25, 0.3) is 5.91 Å². The Labute approximate surface area is 158 Å². The van der Waals surface area contributed by atoms with Gasteiger partial charge in [-0.1, -0.05) is 0 Å². The number of nitrogens with one attached hydrogen (secondary N) is 2. The summed E-state index contributed by atoms with van der Waals surface area (Å²) in [6.45, 7) is 2.85. The van der Waals surface area contributed by atoms with Crippen LogP contribution in [0.5, 0.6) is 0 Å². The number of likely N-dealkylation sites (tertiary alicyclic amines) is 1. The lowest BCUT2D eigenvalue weighted by Crippen LogP contribution is -2.36. The van der Waals surface area contributed by atoms with Crippen LogP contribution >= 0.6 is 11.3 Å². The minimum absolute atomic E-state index is 0.196. The minimum atomic E-state index is 0.196. The summed E-state index contributed by atoms with van der Waals surface area (Å²) < 4.78 is 0. The summed E-state index contributed by atoms with van der Waals surface area (Å²) in [5.74, 6) is 0.736. The molecule has 1 aromatic carbocycles. The molecule has 5 rings (SSSR count). The molecule has 2 N–H and O–H groups in total. The van der Waals surface area contributed by atoms with Gasteiger partial charge in [-0.25, -0.2) is 0 Å². The second kappa shape index (κ2) is 6.71. The van der Waals surface area contributed by atoms with Crippen LogP contribution in [0.1, 0.15) is 59.3 Å². The van der Waals surface area contributed by atoms with Crippen molar-refractivity contribution < 1.29 is 4.79 Å². The molecule has 4 nitrogen and oxygen atoms in total. The van der Waals surface area contributed by atoms with Crippen molar-refractivity contribution in [3.63, 3.8) is 0 Å². The fourth-order valence-electron chi connectivity index (χ4n) is 4.84. The van der Waals surface area contributed by atoms with Crippen LogP contribution < -0.4 is 10.6 Å². The molecular formula is C21H25N3OS. The summed E-state index contributed by atoms with van der Waals surface area (Å²) >= 11 is 1.76. The summed E-state index contributed by atoms with van der Waals surface area (Å²) in [5, 5.41) is 11.9. The van der Waals surface area contributed by atoms with Crippen molar-refractivity contribution in [3.8, 4) is 0 Å². The molecule has 3 aliphatic rings. The first-order valence-corrected chi connectivity index (χ1v) is 10.7. The maximum Gasteiger partial charge on any atom is 0.253 e. The first kappa shape index (κ1) is 16.3. The van der Waals surface area contributed by atoms with E-state index in [1.54, 1.807) is 11.3 Å². The number of rotatable bonds is 2. The van der Waals surface area contributed by atoms with Gasteiger partial charge in [0.05, 0.1) is 6.04 Å². The highest BCUT2D eigenvalue weighted by atomic mass is 32.1. The number of hydrogen-bond acceptors (Lipinski definition) is 4. The third-order valence-corrected chi connectivity index (χ3v) is 6.89. The van der Waals surface area contributed by atoms with E-state index in [4.69, 9.17) is 0 Å².